The fourth-order valence-electron chi connectivity index (χ4n) is 1.35. The molecule has 7 nitrogen and oxygen atoms in total. The molecule has 1 aromatic carbocycles. The predicted molar refractivity (Wildman–Crippen MR) is 71.6 cm³/mol. The van der Waals surface area contributed by atoms with Gasteiger partial charge in [-0.15, -0.1) is 0 Å². The van der Waals surface area contributed by atoms with E-state index in [4.69, 9.17) is 22.0 Å². The number of aliphatic carboxylic acids is 1. The fourth-order valence-corrected chi connectivity index (χ4v) is 1.51. The van der Waals surface area contributed by atoms with Crippen molar-refractivity contribution in [3.05, 3.63) is 28.8 Å². The maximum Gasteiger partial charge on any atom is 0.328 e. The molecular formula is C12H12ClN3O4. The van der Waals surface area contributed by atoms with Gasteiger partial charge in [-0.2, -0.15) is 5.26 Å². The van der Waals surface area contributed by atoms with E-state index in [1.54, 1.807) is 0 Å². The molecule has 0 aliphatic carbocycles. The molecule has 0 fully saturated rings. The van der Waals surface area contributed by atoms with E-state index in [1.807, 2.05) is 6.07 Å². The summed E-state index contributed by atoms with van der Waals surface area (Å²) in [6.45, 7) is -0.172. The summed E-state index contributed by atoms with van der Waals surface area (Å²) in [5.41, 5.74) is 0.529. The molecule has 0 heterocycles. The Balaban J connectivity index is 2.75. The highest BCUT2D eigenvalue weighted by Gasteiger charge is 2.20. The van der Waals surface area contributed by atoms with Gasteiger partial charge in [0, 0.05) is 7.11 Å². The monoisotopic (exact) mass is 297 g/mol. The molecule has 20 heavy (non-hydrogen) atoms. The summed E-state index contributed by atoms with van der Waals surface area (Å²) in [4.78, 5) is 22.5. The Bertz CT molecular complexity index is 556. The smallest absolute Gasteiger partial charge is 0.328 e. The van der Waals surface area contributed by atoms with Crippen LogP contribution >= 0.6 is 11.6 Å². The van der Waals surface area contributed by atoms with Crippen LogP contribution in [0.4, 0.5) is 10.5 Å². The molecule has 3 N–H and O–H groups in total. The Morgan fingerprint density at radius 2 is 2.25 bits per heavy atom. The summed E-state index contributed by atoms with van der Waals surface area (Å²) in [6, 6.07) is 4.30. The molecule has 1 rings (SSSR count). The zero-order valence-corrected chi connectivity index (χ0v) is 11.3. The highest BCUT2D eigenvalue weighted by molar-refractivity contribution is 6.33. The molecular weight excluding hydrogens is 286 g/mol. The number of nitrogens with one attached hydrogen (secondary N) is 2. The zero-order valence-electron chi connectivity index (χ0n) is 10.5. The number of methoxy groups -OCH3 is 1. The Kier molecular flexibility index (Phi) is 5.77. The van der Waals surface area contributed by atoms with Gasteiger partial charge >= 0.3 is 12.0 Å². The van der Waals surface area contributed by atoms with Gasteiger partial charge in [-0.05, 0) is 18.2 Å². The predicted octanol–water partition coefficient (Wildman–Crippen LogP) is 1.43. The Hall–Kier alpha value is -2.30. The van der Waals surface area contributed by atoms with Crippen molar-refractivity contribution in [1.29, 1.82) is 5.26 Å². The second-order valence-corrected chi connectivity index (χ2v) is 4.16. The Morgan fingerprint density at radius 1 is 1.55 bits per heavy atom. The minimum absolute atomic E-state index is 0.172. The molecule has 0 saturated carbocycles. The minimum Gasteiger partial charge on any atom is -0.480 e. The summed E-state index contributed by atoms with van der Waals surface area (Å²) in [6.07, 6.45) is 0. The van der Waals surface area contributed by atoms with Gasteiger partial charge in [-0.25, -0.2) is 9.59 Å². The zero-order chi connectivity index (χ0) is 15.1. The number of nitriles is 1. The molecule has 1 aromatic rings. The Morgan fingerprint density at radius 3 is 2.80 bits per heavy atom. The van der Waals surface area contributed by atoms with Crippen LogP contribution in [-0.4, -0.2) is 36.9 Å². The first kappa shape index (κ1) is 15.8. The summed E-state index contributed by atoms with van der Waals surface area (Å²) >= 11 is 5.86. The third-order valence-corrected chi connectivity index (χ3v) is 2.61. The summed E-state index contributed by atoms with van der Waals surface area (Å²) in [7, 11) is 1.32. The van der Waals surface area contributed by atoms with Gasteiger partial charge in [0.2, 0.25) is 0 Å². The number of anilines is 1. The lowest BCUT2D eigenvalue weighted by Gasteiger charge is -2.14. The molecule has 0 radical (unpaired) electrons. The van der Waals surface area contributed by atoms with Crippen molar-refractivity contribution in [2.45, 2.75) is 6.04 Å². The molecule has 0 aromatic heterocycles. The van der Waals surface area contributed by atoms with Crippen molar-refractivity contribution < 1.29 is 19.4 Å². The molecule has 0 aliphatic heterocycles. The van der Waals surface area contributed by atoms with Gasteiger partial charge in [0.05, 0.1) is 28.9 Å². The number of carbonyl (C=O) groups is 2. The van der Waals surface area contributed by atoms with Crippen LogP contribution in [0, 0.1) is 11.3 Å². The van der Waals surface area contributed by atoms with Gasteiger partial charge in [0.15, 0.2) is 6.04 Å². The van der Waals surface area contributed by atoms with Crippen LogP contribution in [-0.2, 0) is 9.53 Å². The number of urea groups is 1. The maximum absolute atomic E-state index is 11.7. The van der Waals surface area contributed by atoms with Crippen LogP contribution < -0.4 is 10.6 Å². The Labute approximate surface area is 120 Å². The van der Waals surface area contributed by atoms with Gasteiger partial charge < -0.3 is 20.5 Å². The van der Waals surface area contributed by atoms with E-state index in [1.165, 1.54) is 25.3 Å². The summed E-state index contributed by atoms with van der Waals surface area (Å²) in [5, 5.41) is 22.4. The van der Waals surface area contributed by atoms with Gasteiger partial charge in [0.25, 0.3) is 0 Å². The number of hydrogen-bond acceptors (Lipinski definition) is 4. The quantitative estimate of drug-likeness (QED) is 0.761. The number of amides is 2. The first-order valence-electron chi connectivity index (χ1n) is 5.46. The molecule has 8 heteroatoms. The minimum atomic E-state index is -1.22. The van der Waals surface area contributed by atoms with Crippen LogP contribution in [0.3, 0.4) is 0 Å². The van der Waals surface area contributed by atoms with Crippen LogP contribution in [0.2, 0.25) is 5.02 Å². The molecule has 0 aliphatic rings. The van der Waals surface area contributed by atoms with E-state index in [-0.39, 0.29) is 17.3 Å². The van der Waals surface area contributed by atoms with E-state index >= 15 is 0 Å². The number of carbonyl (C=O) groups excluding carboxylic acids is 1. The number of ether oxygens (including phenoxy) is 1. The van der Waals surface area contributed by atoms with Crippen LogP contribution in [0.25, 0.3) is 0 Å². The summed E-state index contributed by atoms with van der Waals surface area (Å²) in [5.74, 6) is -1.22. The maximum atomic E-state index is 11.7. The second kappa shape index (κ2) is 7.33. The number of carboxylic acid groups (broad SMARTS) is 1. The number of hydrogen-bond donors (Lipinski definition) is 3. The lowest BCUT2D eigenvalue weighted by atomic mass is 10.2. The van der Waals surface area contributed by atoms with E-state index in [9.17, 15) is 9.59 Å². The number of benzene rings is 1. The number of nitrogens with zero attached hydrogens (tertiary/aromatic N) is 1. The molecule has 0 spiro atoms. The molecule has 2 amide bonds. The SMILES string of the molecule is COCC(NC(=O)Nc1cc(C#N)ccc1Cl)C(=O)O. The average Bonchev–Trinajstić information content (AvgIpc) is 2.40. The van der Waals surface area contributed by atoms with Crippen molar-refractivity contribution in [3.8, 4) is 6.07 Å². The van der Waals surface area contributed by atoms with E-state index < -0.39 is 18.0 Å². The largest absolute Gasteiger partial charge is 0.480 e. The molecule has 106 valence electrons. The normalized spacial score (nSPS) is 11.2. The van der Waals surface area contributed by atoms with Crippen LogP contribution in [0.15, 0.2) is 18.2 Å². The van der Waals surface area contributed by atoms with Crippen molar-refractivity contribution in [3.63, 3.8) is 0 Å². The second-order valence-electron chi connectivity index (χ2n) is 3.75. The lowest BCUT2D eigenvalue weighted by Crippen LogP contribution is -2.45. The van der Waals surface area contributed by atoms with Gasteiger partial charge in [-0.1, -0.05) is 11.6 Å². The van der Waals surface area contributed by atoms with Crippen LogP contribution in [0.5, 0.6) is 0 Å². The van der Waals surface area contributed by atoms with E-state index in [2.05, 4.69) is 15.4 Å². The standard InChI is InChI=1S/C12H12ClN3O4/c1-20-6-10(11(17)18)16-12(19)15-9-4-7(5-14)2-3-8(9)13/h2-4,10H,6H2,1H3,(H,17,18)(H2,15,16,19). The lowest BCUT2D eigenvalue weighted by molar-refractivity contribution is -0.140. The topological polar surface area (TPSA) is 111 Å². The first-order valence-corrected chi connectivity index (χ1v) is 5.84. The molecule has 1 unspecified atom stereocenters. The first-order chi connectivity index (χ1) is 9.47. The fraction of sp³-hybridized carbons (Fsp3) is 0.250. The number of halogens is 1. The van der Waals surface area contributed by atoms with Gasteiger partial charge in [0.1, 0.15) is 0 Å². The third-order valence-electron chi connectivity index (χ3n) is 2.28. The average molecular weight is 298 g/mol. The molecule has 1 atom stereocenters. The van der Waals surface area contributed by atoms with Crippen molar-refractivity contribution in [2.24, 2.45) is 0 Å². The molecule has 0 bridgehead atoms. The van der Waals surface area contributed by atoms with Crippen molar-refractivity contribution in [2.75, 3.05) is 19.0 Å². The van der Waals surface area contributed by atoms with E-state index in [0.29, 0.717) is 5.56 Å². The third kappa shape index (κ3) is 4.42. The highest BCUT2D eigenvalue weighted by atomic mass is 35.5. The highest BCUT2D eigenvalue weighted by Crippen LogP contribution is 2.22. The number of carboxylic acids is 1. The number of rotatable bonds is 5. The van der Waals surface area contributed by atoms with Crippen LogP contribution in [0.1, 0.15) is 5.56 Å². The van der Waals surface area contributed by atoms with Crippen molar-refractivity contribution >= 4 is 29.3 Å². The van der Waals surface area contributed by atoms with E-state index in [0.717, 1.165) is 0 Å². The van der Waals surface area contributed by atoms with Gasteiger partial charge in [-0.3, -0.25) is 0 Å². The summed E-state index contributed by atoms with van der Waals surface area (Å²) < 4.78 is 4.68. The van der Waals surface area contributed by atoms with Crippen molar-refractivity contribution in [1.82, 2.24) is 5.32 Å². The molecule has 0 saturated heterocycles.